The number of anilines is 1. The van der Waals surface area contributed by atoms with Gasteiger partial charge in [0.15, 0.2) is 5.82 Å². The third kappa shape index (κ3) is 2.81. The van der Waals surface area contributed by atoms with Crippen LogP contribution in [0, 0.1) is 0 Å². The molecule has 0 saturated heterocycles. The van der Waals surface area contributed by atoms with E-state index in [4.69, 9.17) is 9.40 Å². The summed E-state index contributed by atoms with van der Waals surface area (Å²) < 4.78 is 5.80. The van der Waals surface area contributed by atoms with Crippen LogP contribution < -0.4 is 5.32 Å². The molecule has 2 saturated carbocycles. The van der Waals surface area contributed by atoms with Gasteiger partial charge in [0.2, 0.25) is 5.89 Å². The lowest BCUT2D eigenvalue weighted by Crippen LogP contribution is -2.00. The Morgan fingerprint density at radius 2 is 1.96 bits per heavy atom. The molecule has 2 heterocycles. The molecule has 0 aliphatic heterocycles. The summed E-state index contributed by atoms with van der Waals surface area (Å²) in [6.07, 6.45) is 9.83. The largest absolute Gasteiger partial charge is 0.403 e. The Balaban J connectivity index is 1.33. The van der Waals surface area contributed by atoms with Crippen molar-refractivity contribution in [1.82, 2.24) is 20.2 Å². The Labute approximate surface area is 156 Å². The molecule has 6 rings (SSSR count). The van der Waals surface area contributed by atoms with E-state index in [1.807, 2.05) is 18.3 Å². The van der Waals surface area contributed by atoms with Crippen molar-refractivity contribution in [3.63, 3.8) is 0 Å². The maximum Gasteiger partial charge on any atom is 0.315 e. The molecule has 6 nitrogen and oxygen atoms in total. The first kappa shape index (κ1) is 15.1. The predicted octanol–water partition coefficient (Wildman–Crippen LogP) is 3.97. The number of aromatic nitrogens is 4. The van der Waals surface area contributed by atoms with Crippen molar-refractivity contribution in [2.45, 2.75) is 44.1 Å². The minimum absolute atomic E-state index is 0.490. The van der Waals surface area contributed by atoms with E-state index in [0.29, 0.717) is 23.9 Å². The van der Waals surface area contributed by atoms with E-state index in [1.54, 1.807) is 0 Å². The van der Waals surface area contributed by atoms with Gasteiger partial charge >= 0.3 is 6.01 Å². The van der Waals surface area contributed by atoms with Gasteiger partial charge in [-0.3, -0.25) is 0 Å². The zero-order valence-electron chi connectivity index (χ0n) is 14.9. The van der Waals surface area contributed by atoms with Crippen LogP contribution >= 0.6 is 0 Å². The fourth-order valence-corrected chi connectivity index (χ4v) is 3.58. The van der Waals surface area contributed by atoms with Crippen LogP contribution in [0.25, 0.3) is 17.0 Å². The van der Waals surface area contributed by atoms with Crippen LogP contribution in [0.4, 0.5) is 6.01 Å². The lowest BCUT2D eigenvalue weighted by molar-refractivity contribution is 0.580. The highest BCUT2D eigenvalue weighted by Crippen LogP contribution is 2.40. The number of hydrogen-bond acceptors (Lipinski definition) is 6. The maximum absolute atomic E-state index is 5.80. The summed E-state index contributed by atoms with van der Waals surface area (Å²) in [7, 11) is 0. The Hall–Kier alpha value is -3.02. The van der Waals surface area contributed by atoms with E-state index in [2.05, 4.69) is 38.7 Å². The molecule has 0 amide bonds. The van der Waals surface area contributed by atoms with Crippen molar-refractivity contribution in [3.8, 4) is 11.5 Å². The van der Waals surface area contributed by atoms with Gasteiger partial charge in [0.05, 0.1) is 0 Å². The summed E-state index contributed by atoms with van der Waals surface area (Å²) in [4.78, 5) is 9.36. The van der Waals surface area contributed by atoms with Crippen molar-refractivity contribution in [3.05, 3.63) is 59.2 Å². The van der Waals surface area contributed by atoms with Crippen LogP contribution in [0.15, 0.2) is 41.0 Å². The molecular formula is C21H19N5O. The Bertz CT molecular complexity index is 1060. The first-order valence-electron chi connectivity index (χ1n) is 9.61. The molecule has 3 aliphatic carbocycles. The summed E-state index contributed by atoms with van der Waals surface area (Å²) in [6, 6.07) is 9.34. The monoisotopic (exact) mass is 357 g/mol. The van der Waals surface area contributed by atoms with Crippen molar-refractivity contribution in [2.24, 2.45) is 0 Å². The standard InChI is InChI=1S/C21H19N5O/c1-4-14(20-25-26-21(27-20)23-15-6-7-15)11-17-12(1)5-8-16(17)19-22-10-9-18(24-19)13-2-3-13/h1,4,8-11,13,15H,2-3,5-7H2,(H,23,26). The maximum atomic E-state index is 5.80. The summed E-state index contributed by atoms with van der Waals surface area (Å²) >= 11 is 0. The number of allylic oxidation sites excluding steroid dienone is 1. The third-order valence-electron chi connectivity index (χ3n) is 5.42. The molecule has 6 heteroatoms. The molecule has 27 heavy (non-hydrogen) atoms. The number of benzene rings is 1. The van der Waals surface area contributed by atoms with Gasteiger partial charge in [-0.15, -0.1) is 5.10 Å². The van der Waals surface area contributed by atoms with Crippen LogP contribution in [0.1, 0.15) is 54.2 Å². The second-order valence-electron chi connectivity index (χ2n) is 7.60. The SMILES string of the molecule is C1=C(c2nccc(C3CC3)n2)c2cc(-c3nnc(NC4CC4)o3)ccc2C1. The average molecular weight is 357 g/mol. The van der Waals surface area contributed by atoms with Crippen LogP contribution in [0.2, 0.25) is 0 Å². The van der Waals surface area contributed by atoms with E-state index >= 15 is 0 Å². The normalized spacial score (nSPS) is 18.3. The van der Waals surface area contributed by atoms with Crippen molar-refractivity contribution in [1.29, 1.82) is 0 Å². The average Bonchev–Trinajstić information content (AvgIpc) is 3.61. The van der Waals surface area contributed by atoms with E-state index in [9.17, 15) is 0 Å². The molecule has 2 fully saturated rings. The predicted molar refractivity (Wildman–Crippen MR) is 101 cm³/mol. The van der Waals surface area contributed by atoms with Gasteiger partial charge in [-0.05, 0) is 61.4 Å². The highest BCUT2D eigenvalue weighted by molar-refractivity contribution is 5.83. The molecule has 3 aromatic rings. The number of rotatable bonds is 5. The smallest absolute Gasteiger partial charge is 0.315 e. The summed E-state index contributed by atoms with van der Waals surface area (Å²) in [5.74, 6) is 1.98. The molecule has 1 aromatic carbocycles. The molecule has 3 aliphatic rings. The first-order valence-corrected chi connectivity index (χ1v) is 9.61. The number of fused-ring (bicyclic) bond motifs is 1. The summed E-state index contributed by atoms with van der Waals surface area (Å²) in [5, 5.41) is 11.6. The highest BCUT2D eigenvalue weighted by atomic mass is 16.4. The van der Waals surface area contributed by atoms with Gasteiger partial charge in [-0.1, -0.05) is 17.2 Å². The Kier molecular flexibility index (Phi) is 3.21. The molecule has 134 valence electrons. The summed E-state index contributed by atoms with van der Waals surface area (Å²) in [5.41, 5.74) is 5.64. The number of nitrogens with zero attached hydrogens (tertiary/aromatic N) is 4. The Morgan fingerprint density at radius 3 is 2.81 bits per heavy atom. The molecule has 0 spiro atoms. The summed E-state index contributed by atoms with van der Waals surface area (Å²) in [6.45, 7) is 0. The van der Waals surface area contributed by atoms with Crippen molar-refractivity contribution >= 4 is 11.6 Å². The number of hydrogen-bond donors (Lipinski definition) is 1. The van der Waals surface area contributed by atoms with E-state index in [1.165, 1.54) is 31.2 Å². The Morgan fingerprint density at radius 1 is 1.04 bits per heavy atom. The minimum atomic E-state index is 0.490. The highest BCUT2D eigenvalue weighted by Gasteiger charge is 2.27. The molecule has 2 aromatic heterocycles. The van der Waals surface area contributed by atoms with Crippen LogP contribution in [0.3, 0.4) is 0 Å². The zero-order valence-corrected chi connectivity index (χ0v) is 14.9. The van der Waals surface area contributed by atoms with Crippen molar-refractivity contribution < 1.29 is 4.42 Å². The van der Waals surface area contributed by atoms with Crippen LogP contribution in [0.5, 0.6) is 0 Å². The molecule has 0 unspecified atom stereocenters. The van der Waals surface area contributed by atoms with Gasteiger partial charge in [-0.25, -0.2) is 9.97 Å². The fraction of sp³-hybridized carbons (Fsp3) is 0.333. The zero-order chi connectivity index (χ0) is 17.8. The van der Waals surface area contributed by atoms with Crippen molar-refractivity contribution in [2.75, 3.05) is 5.32 Å². The molecular weight excluding hydrogens is 338 g/mol. The lowest BCUT2D eigenvalue weighted by Gasteiger charge is -2.07. The molecule has 0 bridgehead atoms. The second kappa shape index (κ2) is 5.74. The van der Waals surface area contributed by atoms with Gasteiger partial charge in [0.1, 0.15) is 0 Å². The molecule has 1 N–H and O–H groups in total. The van der Waals surface area contributed by atoms with Crippen LogP contribution in [-0.4, -0.2) is 26.2 Å². The van der Waals surface area contributed by atoms with Gasteiger partial charge < -0.3 is 9.73 Å². The second-order valence-corrected chi connectivity index (χ2v) is 7.60. The lowest BCUT2D eigenvalue weighted by atomic mass is 10.0. The fourth-order valence-electron chi connectivity index (χ4n) is 3.58. The van der Waals surface area contributed by atoms with Gasteiger partial charge in [-0.2, -0.15) is 0 Å². The third-order valence-corrected chi connectivity index (χ3v) is 5.42. The molecule has 0 atom stereocenters. The topological polar surface area (TPSA) is 76.7 Å². The molecule has 0 radical (unpaired) electrons. The van der Waals surface area contributed by atoms with Crippen LogP contribution in [-0.2, 0) is 6.42 Å². The number of nitrogens with one attached hydrogen (secondary N) is 1. The first-order chi connectivity index (χ1) is 13.3. The quantitative estimate of drug-likeness (QED) is 0.745. The van der Waals surface area contributed by atoms with Gasteiger partial charge in [0, 0.05) is 35.0 Å². The minimum Gasteiger partial charge on any atom is -0.403 e. The van der Waals surface area contributed by atoms with Gasteiger partial charge in [0.25, 0.3) is 0 Å². The van der Waals surface area contributed by atoms with E-state index in [0.717, 1.165) is 34.6 Å². The van der Waals surface area contributed by atoms with E-state index in [-0.39, 0.29) is 0 Å². The van der Waals surface area contributed by atoms with E-state index < -0.39 is 0 Å².